The molecular weight excluding hydrogens is 424 g/mol. The van der Waals surface area contributed by atoms with Gasteiger partial charge in [0.1, 0.15) is 6.04 Å². The van der Waals surface area contributed by atoms with Gasteiger partial charge in [-0.15, -0.1) is 11.8 Å². The molecule has 6 heteroatoms. The van der Waals surface area contributed by atoms with Crippen LogP contribution in [0.4, 0.5) is 0 Å². The molecule has 1 N–H and O–H groups in total. The van der Waals surface area contributed by atoms with Crippen LogP contribution in [-0.2, 0) is 16.1 Å². The SMILES string of the molecule is CCNC(=O)C(C)N(Cc1cccc(Br)c1)C(=O)CCSc1ccccc1. The number of thioether (sulfide) groups is 1. The number of rotatable bonds is 9. The number of halogens is 1. The van der Waals surface area contributed by atoms with E-state index in [1.165, 1.54) is 0 Å². The number of hydrogen-bond acceptors (Lipinski definition) is 3. The van der Waals surface area contributed by atoms with E-state index in [4.69, 9.17) is 0 Å². The average molecular weight is 449 g/mol. The van der Waals surface area contributed by atoms with Crippen molar-refractivity contribution < 1.29 is 9.59 Å². The zero-order chi connectivity index (χ0) is 19.6. The molecule has 0 saturated carbocycles. The van der Waals surface area contributed by atoms with Gasteiger partial charge in [0.2, 0.25) is 11.8 Å². The lowest BCUT2D eigenvalue weighted by atomic mass is 10.1. The lowest BCUT2D eigenvalue weighted by Crippen LogP contribution is -2.47. The normalized spacial score (nSPS) is 11.7. The van der Waals surface area contributed by atoms with Gasteiger partial charge in [0.05, 0.1) is 0 Å². The highest BCUT2D eigenvalue weighted by Gasteiger charge is 2.25. The van der Waals surface area contributed by atoms with Crippen molar-refractivity contribution in [3.8, 4) is 0 Å². The van der Waals surface area contributed by atoms with Crippen LogP contribution >= 0.6 is 27.7 Å². The van der Waals surface area contributed by atoms with Gasteiger partial charge in [-0.3, -0.25) is 9.59 Å². The molecule has 0 aliphatic heterocycles. The fourth-order valence-corrected chi connectivity index (χ4v) is 3.96. The molecule has 0 spiro atoms. The second-order valence-corrected chi connectivity index (χ2v) is 8.22. The van der Waals surface area contributed by atoms with Crippen LogP contribution in [0.15, 0.2) is 64.0 Å². The van der Waals surface area contributed by atoms with Gasteiger partial charge in [0.25, 0.3) is 0 Å². The van der Waals surface area contributed by atoms with E-state index < -0.39 is 6.04 Å². The van der Waals surface area contributed by atoms with Crippen LogP contribution in [-0.4, -0.2) is 35.1 Å². The van der Waals surface area contributed by atoms with Crippen molar-refractivity contribution in [3.05, 3.63) is 64.6 Å². The minimum atomic E-state index is -0.516. The van der Waals surface area contributed by atoms with Crippen LogP contribution < -0.4 is 5.32 Å². The average Bonchev–Trinajstić information content (AvgIpc) is 2.66. The molecule has 0 aromatic heterocycles. The van der Waals surface area contributed by atoms with Gasteiger partial charge in [0.15, 0.2) is 0 Å². The Kier molecular flexibility index (Phi) is 8.88. The van der Waals surface area contributed by atoms with Crippen molar-refractivity contribution in [1.29, 1.82) is 0 Å². The van der Waals surface area contributed by atoms with Crippen molar-refractivity contribution in [3.63, 3.8) is 0 Å². The smallest absolute Gasteiger partial charge is 0.242 e. The Bertz CT molecular complexity index is 755. The molecule has 0 fully saturated rings. The molecule has 1 unspecified atom stereocenters. The third-order valence-electron chi connectivity index (χ3n) is 4.09. The summed E-state index contributed by atoms with van der Waals surface area (Å²) in [5.74, 6) is 0.536. The molecule has 2 rings (SSSR count). The summed E-state index contributed by atoms with van der Waals surface area (Å²) in [6, 6.07) is 17.3. The maximum atomic E-state index is 12.9. The van der Waals surface area contributed by atoms with Crippen molar-refractivity contribution >= 4 is 39.5 Å². The fraction of sp³-hybridized carbons (Fsp3) is 0.333. The molecule has 0 aliphatic carbocycles. The maximum Gasteiger partial charge on any atom is 0.242 e. The van der Waals surface area contributed by atoms with Gasteiger partial charge in [-0.25, -0.2) is 0 Å². The monoisotopic (exact) mass is 448 g/mol. The standard InChI is InChI=1S/C21H25BrN2O2S/c1-3-23-21(26)16(2)24(15-17-8-7-9-18(22)14-17)20(25)12-13-27-19-10-5-4-6-11-19/h4-11,14,16H,3,12-13,15H2,1-2H3,(H,23,26). The topological polar surface area (TPSA) is 49.4 Å². The molecule has 4 nitrogen and oxygen atoms in total. The fourth-order valence-electron chi connectivity index (χ4n) is 2.65. The number of carbonyl (C=O) groups is 2. The summed E-state index contributed by atoms with van der Waals surface area (Å²) in [5, 5.41) is 2.81. The van der Waals surface area contributed by atoms with Crippen molar-refractivity contribution in [2.75, 3.05) is 12.3 Å². The number of nitrogens with one attached hydrogen (secondary N) is 1. The Hall–Kier alpha value is -1.79. The van der Waals surface area contributed by atoms with E-state index in [1.807, 2.05) is 61.5 Å². The molecule has 0 saturated heterocycles. The summed E-state index contributed by atoms with van der Waals surface area (Å²) in [6.07, 6.45) is 0.386. The predicted octanol–water partition coefficient (Wildman–Crippen LogP) is 4.48. The summed E-state index contributed by atoms with van der Waals surface area (Å²) in [6.45, 7) is 4.62. The van der Waals surface area contributed by atoms with Gasteiger partial charge in [-0.2, -0.15) is 0 Å². The highest BCUT2D eigenvalue weighted by Crippen LogP contribution is 2.20. The van der Waals surface area contributed by atoms with Crippen LogP contribution in [0.1, 0.15) is 25.8 Å². The van der Waals surface area contributed by atoms with E-state index >= 15 is 0 Å². The summed E-state index contributed by atoms with van der Waals surface area (Å²) in [5.41, 5.74) is 0.990. The Morgan fingerprint density at radius 1 is 1.15 bits per heavy atom. The van der Waals surface area contributed by atoms with Crippen LogP contribution in [0.2, 0.25) is 0 Å². The molecule has 144 valence electrons. The molecule has 1 atom stereocenters. The zero-order valence-corrected chi connectivity index (χ0v) is 18.1. The molecule has 2 aromatic carbocycles. The first kappa shape index (κ1) is 21.5. The molecule has 0 radical (unpaired) electrons. The lowest BCUT2D eigenvalue weighted by Gasteiger charge is -2.28. The summed E-state index contributed by atoms with van der Waals surface area (Å²) in [4.78, 5) is 28.0. The van der Waals surface area contributed by atoms with Gasteiger partial charge in [-0.1, -0.05) is 46.3 Å². The molecule has 0 heterocycles. The van der Waals surface area contributed by atoms with Crippen LogP contribution in [0, 0.1) is 0 Å². The number of amides is 2. The zero-order valence-electron chi connectivity index (χ0n) is 15.7. The van der Waals surface area contributed by atoms with Crippen LogP contribution in [0.25, 0.3) is 0 Å². The minimum absolute atomic E-state index is 0.0165. The Morgan fingerprint density at radius 3 is 2.56 bits per heavy atom. The first-order valence-electron chi connectivity index (χ1n) is 9.00. The number of likely N-dealkylation sites (N-methyl/N-ethyl adjacent to an activating group) is 1. The van der Waals surface area contributed by atoms with E-state index in [9.17, 15) is 9.59 Å². The Balaban J connectivity index is 2.05. The predicted molar refractivity (Wildman–Crippen MR) is 115 cm³/mol. The summed E-state index contributed by atoms with van der Waals surface area (Å²) in [7, 11) is 0. The van der Waals surface area contributed by atoms with E-state index in [2.05, 4.69) is 21.2 Å². The van der Waals surface area contributed by atoms with E-state index in [1.54, 1.807) is 23.6 Å². The van der Waals surface area contributed by atoms with E-state index in [0.717, 1.165) is 14.9 Å². The summed E-state index contributed by atoms with van der Waals surface area (Å²) < 4.78 is 0.956. The number of nitrogens with zero attached hydrogens (tertiary/aromatic N) is 1. The largest absolute Gasteiger partial charge is 0.355 e. The number of benzene rings is 2. The second-order valence-electron chi connectivity index (χ2n) is 6.13. The quantitative estimate of drug-likeness (QED) is 0.575. The van der Waals surface area contributed by atoms with Crippen LogP contribution in [0.5, 0.6) is 0 Å². The third kappa shape index (κ3) is 7.03. The second kappa shape index (κ2) is 11.1. The molecule has 2 amide bonds. The van der Waals surface area contributed by atoms with Gasteiger partial charge < -0.3 is 10.2 Å². The molecule has 27 heavy (non-hydrogen) atoms. The van der Waals surface area contributed by atoms with E-state index in [-0.39, 0.29) is 11.8 Å². The summed E-state index contributed by atoms with van der Waals surface area (Å²) >= 11 is 5.11. The van der Waals surface area contributed by atoms with Gasteiger partial charge >= 0.3 is 0 Å². The Morgan fingerprint density at radius 2 is 1.89 bits per heavy atom. The number of carbonyl (C=O) groups excluding carboxylic acids is 2. The number of hydrogen-bond donors (Lipinski definition) is 1. The first-order chi connectivity index (χ1) is 13.0. The highest BCUT2D eigenvalue weighted by atomic mass is 79.9. The lowest BCUT2D eigenvalue weighted by molar-refractivity contribution is -0.140. The van der Waals surface area contributed by atoms with Crippen LogP contribution in [0.3, 0.4) is 0 Å². The highest BCUT2D eigenvalue weighted by molar-refractivity contribution is 9.10. The molecule has 0 aliphatic rings. The third-order valence-corrected chi connectivity index (χ3v) is 5.60. The minimum Gasteiger partial charge on any atom is -0.355 e. The van der Waals surface area contributed by atoms with E-state index in [0.29, 0.717) is 25.3 Å². The molecule has 0 bridgehead atoms. The van der Waals surface area contributed by atoms with Gasteiger partial charge in [-0.05, 0) is 43.7 Å². The Labute approximate surface area is 173 Å². The first-order valence-corrected chi connectivity index (χ1v) is 10.8. The maximum absolute atomic E-state index is 12.9. The van der Waals surface area contributed by atoms with Crippen molar-refractivity contribution in [1.82, 2.24) is 10.2 Å². The molecule has 2 aromatic rings. The van der Waals surface area contributed by atoms with Crippen molar-refractivity contribution in [2.24, 2.45) is 0 Å². The van der Waals surface area contributed by atoms with Crippen molar-refractivity contribution in [2.45, 2.75) is 37.8 Å². The van der Waals surface area contributed by atoms with Gasteiger partial charge in [0, 0.05) is 34.6 Å². The molecular formula is C21H25BrN2O2S.